The van der Waals surface area contributed by atoms with Gasteiger partial charge in [-0.05, 0) is 48.3 Å². The van der Waals surface area contributed by atoms with Gasteiger partial charge in [0.1, 0.15) is 0 Å². The van der Waals surface area contributed by atoms with Crippen molar-refractivity contribution in [1.29, 1.82) is 0 Å². The Labute approximate surface area is 123 Å². The molecule has 1 heteroatoms. The summed E-state index contributed by atoms with van der Waals surface area (Å²) in [6.07, 6.45) is 7.77. The molecule has 0 amide bonds. The maximum atomic E-state index is 8.81. The Bertz CT molecular complexity index is 462. The van der Waals surface area contributed by atoms with Gasteiger partial charge in [-0.1, -0.05) is 56.8 Å². The lowest BCUT2D eigenvalue weighted by atomic mass is 9.85. The van der Waals surface area contributed by atoms with Crippen molar-refractivity contribution in [2.75, 3.05) is 6.61 Å². The Morgan fingerprint density at radius 3 is 2.55 bits per heavy atom. The maximum Gasteiger partial charge on any atom is 0.0431 e. The lowest BCUT2D eigenvalue weighted by Gasteiger charge is -2.19. The zero-order chi connectivity index (χ0) is 14.8. The van der Waals surface area contributed by atoms with E-state index in [4.69, 9.17) is 5.11 Å². The van der Waals surface area contributed by atoms with Crippen LogP contribution in [0.4, 0.5) is 0 Å². The van der Waals surface area contributed by atoms with Crippen LogP contribution in [0.2, 0.25) is 0 Å². The molecule has 0 aliphatic rings. The summed E-state index contributed by atoms with van der Waals surface area (Å²) in [5, 5.41) is 8.81. The van der Waals surface area contributed by atoms with Crippen LogP contribution in [0.25, 0.3) is 0 Å². The molecular formula is C19H26O. The summed E-state index contributed by atoms with van der Waals surface area (Å²) in [4.78, 5) is 0. The number of aliphatic hydroxyl groups excluding tert-OH is 1. The average molecular weight is 270 g/mol. The minimum absolute atomic E-state index is 0.0760. The number of aliphatic hydroxyl groups is 1. The summed E-state index contributed by atoms with van der Waals surface area (Å²) < 4.78 is 0. The summed E-state index contributed by atoms with van der Waals surface area (Å²) in [5.74, 6) is 0. The van der Waals surface area contributed by atoms with Crippen molar-refractivity contribution in [2.24, 2.45) is 5.41 Å². The monoisotopic (exact) mass is 270 g/mol. The molecule has 0 heterocycles. The van der Waals surface area contributed by atoms with E-state index < -0.39 is 0 Å². The third-order valence-corrected chi connectivity index (χ3v) is 3.25. The molecular weight excluding hydrogens is 244 g/mol. The van der Waals surface area contributed by atoms with Crippen LogP contribution in [0.3, 0.4) is 0 Å². The molecule has 0 radical (unpaired) electrons. The highest BCUT2D eigenvalue weighted by Gasteiger charge is 2.14. The zero-order valence-corrected chi connectivity index (χ0v) is 12.7. The van der Waals surface area contributed by atoms with E-state index >= 15 is 0 Å². The van der Waals surface area contributed by atoms with Gasteiger partial charge in [-0.25, -0.2) is 0 Å². The highest BCUT2D eigenvalue weighted by molar-refractivity contribution is 5.20. The summed E-state index contributed by atoms with van der Waals surface area (Å²) in [7, 11) is 0. The standard InChI is InChI=1S/C19H26O/c1-4-17(10-8-9-15-20)13-14-19(2,3)16-18-11-6-5-7-12-18/h4-7,11-12,14,20H,1,8-10,15-16H2,2-3H3. The smallest absolute Gasteiger partial charge is 0.0431 e. The van der Waals surface area contributed by atoms with Crippen molar-refractivity contribution in [1.82, 2.24) is 0 Å². The number of unbranched alkanes of at least 4 members (excludes halogenated alkanes) is 1. The summed E-state index contributed by atoms with van der Waals surface area (Å²) in [5.41, 5.74) is 5.92. The molecule has 1 nitrogen and oxygen atoms in total. The van der Waals surface area contributed by atoms with Crippen molar-refractivity contribution < 1.29 is 5.11 Å². The Balaban J connectivity index is 2.70. The third-order valence-electron chi connectivity index (χ3n) is 3.25. The van der Waals surface area contributed by atoms with Gasteiger partial charge in [0, 0.05) is 6.61 Å². The van der Waals surface area contributed by atoms with E-state index in [1.165, 1.54) is 5.56 Å². The molecule has 1 N–H and O–H groups in total. The van der Waals surface area contributed by atoms with Crippen LogP contribution in [0.5, 0.6) is 0 Å². The van der Waals surface area contributed by atoms with Crippen molar-refractivity contribution in [3.63, 3.8) is 0 Å². The molecule has 0 bridgehead atoms. The topological polar surface area (TPSA) is 20.2 Å². The molecule has 0 aliphatic carbocycles. The van der Waals surface area contributed by atoms with Crippen molar-refractivity contribution in [2.45, 2.75) is 39.5 Å². The predicted molar refractivity (Wildman–Crippen MR) is 86.7 cm³/mol. The fraction of sp³-hybridized carbons (Fsp3) is 0.421. The number of rotatable bonds is 8. The van der Waals surface area contributed by atoms with Crippen LogP contribution >= 0.6 is 0 Å². The first-order valence-electron chi connectivity index (χ1n) is 7.31. The number of allylic oxidation sites excluding steroid dienone is 2. The van der Waals surface area contributed by atoms with Crippen LogP contribution in [0, 0.1) is 5.41 Å². The minimum Gasteiger partial charge on any atom is -0.396 e. The van der Waals surface area contributed by atoms with E-state index in [0.29, 0.717) is 0 Å². The van der Waals surface area contributed by atoms with Crippen LogP contribution in [-0.2, 0) is 6.42 Å². The Kier molecular flexibility index (Phi) is 7.08. The SMILES string of the molecule is C=CC(=C=CC(C)(C)Cc1ccccc1)CCCCO. The van der Waals surface area contributed by atoms with Gasteiger partial charge in [-0.3, -0.25) is 0 Å². The fourth-order valence-corrected chi connectivity index (χ4v) is 2.12. The van der Waals surface area contributed by atoms with Crippen molar-refractivity contribution in [3.8, 4) is 0 Å². The molecule has 0 spiro atoms. The normalized spacial score (nSPS) is 10.8. The molecule has 0 aromatic heterocycles. The lowest BCUT2D eigenvalue weighted by Crippen LogP contribution is -2.10. The first kappa shape index (κ1) is 16.5. The Morgan fingerprint density at radius 1 is 1.25 bits per heavy atom. The second-order valence-corrected chi connectivity index (χ2v) is 5.85. The van der Waals surface area contributed by atoms with Gasteiger partial charge in [0.25, 0.3) is 0 Å². The zero-order valence-electron chi connectivity index (χ0n) is 12.7. The molecule has 0 fully saturated rings. The highest BCUT2D eigenvalue weighted by Crippen LogP contribution is 2.23. The second-order valence-electron chi connectivity index (χ2n) is 5.85. The molecule has 20 heavy (non-hydrogen) atoms. The van der Waals surface area contributed by atoms with E-state index in [1.807, 2.05) is 12.1 Å². The third kappa shape index (κ3) is 6.56. The maximum absolute atomic E-state index is 8.81. The van der Waals surface area contributed by atoms with E-state index in [-0.39, 0.29) is 12.0 Å². The van der Waals surface area contributed by atoms with Crippen LogP contribution in [-0.4, -0.2) is 11.7 Å². The van der Waals surface area contributed by atoms with Gasteiger partial charge >= 0.3 is 0 Å². The summed E-state index contributed by atoms with van der Waals surface area (Å²) in [6.45, 7) is 8.55. The Hall–Kier alpha value is -1.56. The molecule has 0 unspecified atom stereocenters. The summed E-state index contributed by atoms with van der Waals surface area (Å²) >= 11 is 0. The van der Waals surface area contributed by atoms with Crippen LogP contribution in [0.15, 0.2) is 60.4 Å². The second kappa shape index (κ2) is 8.58. The fourth-order valence-electron chi connectivity index (χ4n) is 2.12. The molecule has 1 aromatic rings. The number of benzene rings is 1. The molecule has 108 valence electrons. The molecule has 1 aromatic carbocycles. The highest BCUT2D eigenvalue weighted by atomic mass is 16.2. The van der Waals surface area contributed by atoms with Crippen LogP contribution < -0.4 is 0 Å². The van der Waals surface area contributed by atoms with E-state index in [0.717, 1.165) is 31.3 Å². The van der Waals surface area contributed by atoms with Gasteiger partial charge < -0.3 is 5.11 Å². The largest absolute Gasteiger partial charge is 0.396 e. The van der Waals surface area contributed by atoms with Gasteiger partial charge in [0.05, 0.1) is 0 Å². The van der Waals surface area contributed by atoms with Gasteiger partial charge in [0.15, 0.2) is 0 Å². The first-order valence-corrected chi connectivity index (χ1v) is 7.31. The molecule has 0 atom stereocenters. The van der Waals surface area contributed by atoms with Crippen molar-refractivity contribution in [3.05, 3.63) is 65.9 Å². The van der Waals surface area contributed by atoms with Gasteiger partial charge in [0.2, 0.25) is 0 Å². The molecule has 0 aliphatic heterocycles. The summed E-state index contributed by atoms with van der Waals surface area (Å²) in [6, 6.07) is 10.5. The van der Waals surface area contributed by atoms with Crippen LogP contribution in [0.1, 0.15) is 38.7 Å². The van der Waals surface area contributed by atoms with E-state index in [1.54, 1.807) is 0 Å². The quantitative estimate of drug-likeness (QED) is 0.413. The van der Waals surface area contributed by atoms with E-state index in [2.05, 4.69) is 56.5 Å². The minimum atomic E-state index is 0.0760. The van der Waals surface area contributed by atoms with Gasteiger partial charge in [-0.2, -0.15) is 0 Å². The Morgan fingerprint density at radius 2 is 1.95 bits per heavy atom. The molecule has 1 rings (SSSR count). The van der Waals surface area contributed by atoms with Gasteiger partial charge in [-0.15, -0.1) is 5.73 Å². The first-order chi connectivity index (χ1) is 9.57. The number of hydrogen-bond acceptors (Lipinski definition) is 1. The average Bonchev–Trinajstić information content (AvgIpc) is 2.43. The van der Waals surface area contributed by atoms with Crippen molar-refractivity contribution >= 4 is 0 Å². The molecule has 0 saturated carbocycles. The predicted octanol–water partition coefficient (Wildman–Crippen LogP) is 4.69. The molecule has 0 saturated heterocycles. The lowest BCUT2D eigenvalue weighted by molar-refractivity contribution is 0.285. The number of hydrogen-bond donors (Lipinski definition) is 1. The van der Waals surface area contributed by atoms with E-state index in [9.17, 15) is 0 Å².